The molecular weight excluding hydrogens is 276 g/mol. The van der Waals surface area contributed by atoms with Crippen LogP contribution in [0.15, 0.2) is 9.72 Å². The van der Waals surface area contributed by atoms with Gasteiger partial charge in [0.05, 0.1) is 5.51 Å². The smallest absolute Gasteiger partial charge is 0.356 e. The van der Waals surface area contributed by atoms with Crippen LogP contribution in [0.25, 0.3) is 0 Å². The summed E-state index contributed by atoms with van der Waals surface area (Å²) in [5.74, 6) is -1.32. The number of nitrogens with one attached hydrogen (secondary N) is 1. The molecule has 0 aromatic carbocycles. The summed E-state index contributed by atoms with van der Waals surface area (Å²) < 4.78 is 26.8. The van der Waals surface area contributed by atoms with Crippen LogP contribution in [0.2, 0.25) is 0 Å². The zero-order valence-corrected chi connectivity index (χ0v) is 11.5. The lowest BCUT2D eigenvalue weighted by Crippen LogP contribution is -2.52. The van der Waals surface area contributed by atoms with Crippen molar-refractivity contribution >= 4 is 27.3 Å². The van der Waals surface area contributed by atoms with Crippen LogP contribution < -0.4 is 4.72 Å². The monoisotopic (exact) mass is 290 g/mol. The number of rotatable bonds is 5. The number of hydrogen-bond acceptors (Lipinski definition) is 5. The van der Waals surface area contributed by atoms with E-state index in [9.17, 15) is 13.2 Å². The highest BCUT2D eigenvalue weighted by atomic mass is 32.2. The lowest BCUT2D eigenvalue weighted by atomic mass is 9.76. The Balaban J connectivity index is 2.31. The summed E-state index contributed by atoms with van der Waals surface area (Å²) in [5, 5.41) is 8.90. The van der Waals surface area contributed by atoms with E-state index in [-0.39, 0.29) is 4.21 Å². The molecule has 0 radical (unpaired) electrons. The Morgan fingerprint density at radius 2 is 2.28 bits per heavy atom. The molecule has 1 saturated carbocycles. The first-order valence-corrected chi connectivity index (χ1v) is 7.97. The van der Waals surface area contributed by atoms with E-state index in [0.717, 1.165) is 30.6 Å². The largest absolute Gasteiger partial charge is 0.476 e. The minimum Gasteiger partial charge on any atom is -0.476 e. The molecule has 1 aliphatic carbocycles. The molecule has 1 aliphatic rings. The molecule has 2 rings (SSSR count). The molecule has 1 aromatic heterocycles. The zero-order valence-electron chi connectivity index (χ0n) is 9.84. The number of sulfonamides is 1. The van der Waals surface area contributed by atoms with Crippen LogP contribution in [0, 0.1) is 0 Å². The summed E-state index contributed by atoms with van der Waals surface area (Å²) in [7, 11) is -3.80. The third-order valence-corrected chi connectivity index (χ3v) is 6.27. The molecule has 100 valence electrons. The van der Waals surface area contributed by atoms with Gasteiger partial charge in [-0.25, -0.2) is 22.9 Å². The molecule has 1 aromatic rings. The predicted octanol–water partition coefficient (Wildman–Crippen LogP) is 1.45. The van der Waals surface area contributed by atoms with Gasteiger partial charge in [0.2, 0.25) is 0 Å². The maximum absolute atomic E-state index is 12.2. The third kappa shape index (κ3) is 2.27. The molecule has 2 N–H and O–H groups in total. The summed E-state index contributed by atoms with van der Waals surface area (Å²) in [6.07, 6.45) is 3.28. The number of carboxylic acid groups (broad SMARTS) is 1. The molecule has 0 atom stereocenters. The van der Waals surface area contributed by atoms with Gasteiger partial charge < -0.3 is 5.11 Å². The molecule has 0 saturated heterocycles. The number of thiazole rings is 1. The SMILES string of the molecule is CCC1(NS(=O)(=O)c2scnc2C(=O)O)CCC1. The topological polar surface area (TPSA) is 96.4 Å². The van der Waals surface area contributed by atoms with E-state index in [1.807, 2.05) is 6.92 Å². The van der Waals surface area contributed by atoms with Gasteiger partial charge in [0.1, 0.15) is 0 Å². The lowest BCUT2D eigenvalue weighted by molar-refractivity contribution is 0.0687. The first kappa shape index (κ1) is 13.4. The standard InChI is InChI=1S/C10H14N2O4S2/c1-2-10(4-3-5-10)12-18(15,16)9-7(8(13)14)11-6-17-9/h6,12H,2-5H2,1H3,(H,13,14). The Kier molecular flexibility index (Phi) is 3.43. The molecular formula is C10H14N2O4S2. The molecule has 1 heterocycles. The van der Waals surface area contributed by atoms with Crippen molar-refractivity contribution in [1.82, 2.24) is 9.71 Å². The van der Waals surface area contributed by atoms with Crippen LogP contribution in [0.3, 0.4) is 0 Å². The van der Waals surface area contributed by atoms with E-state index in [0.29, 0.717) is 6.42 Å². The number of aromatic nitrogens is 1. The maximum atomic E-state index is 12.2. The van der Waals surface area contributed by atoms with Gasteiger partial charge in [-0.05, 0) is 25.7 Å². The Morgan fingerprint density at radius 1 is 1.61 bits per heavy atom. The fourth-order valence-electron chi connectivity index (χ4n) is 2.03. The molecule has 18 heavy (non-hydrogen) atoms. The average molecular weight is 290 g/mol. The van der Waals surface area contributed by atoms with Crippen molar-refractivity contribution in [1.29, 1.82) is 0 Å². The van der Waals surface area contributed by atoms with Gasteiger partial charge in [-0.3, -0.25) is 0 Å². The van der Waals surface area contributed by atoms with Gasteiger partial charge >= 0.3 is 5.97 Å². The van der Waals surface area contributed by atoms with Gasteiger partial charge in [-0.15, -0.1) is 11.3 Å². The zero-order chi connectivity index (χ0) is 13.4. The highest BCUT2D eigenvalue weighted by molar-refractivity contribution is 7.91. The second-order valence-corrected chi connectivity index (χ2v) is 7.12. The number of carbonyl (C=O) groups is 1. The highest BCUT2D eigenvalue weighted by Crippen LogP contribution is 2.36. The van der Waals surface area contributed by atoms with E-state index in [1.165, 1.54) is 5.51 Å². The maximum Gasteiger partial charge on any atom is 0.356 e. The van der Waals surface area contributed by atoms with Crippen LogP contribution in [0.5, 0.6) is 0 Å². The van der Waals surface area contributed by atoms with E-state index in [1.54, 1.807) is 0 Å². The Bertz CT molecular complexity index is 555. The van der Waals surface area contributed by atoms with Crippen molar-refractivity contribution in [3.05, 3.63) is 11.2 Å². The molecule has 8 heteroatoms. The van der Waals surface area contributed by atoms with Gasteiger partial charge in [-0.1, -0.05) is 6.92 Å². The summed E-state index contributed by atoms with van der Waals surface area (Å²) in [5.41, 5.74) is 0.425. The van der Waals surface area contributed by atoms with Gasteiger partial charge in [0.25, 0.3) is 10.0 Å². The Morgan fingerprint density at radius 3 is 2.72 bits per heavy atom. The van der Waals surface area contributed by atoms with E-state index in [4.69, 9.17) is 5.11 Å². The lowest BCUT2D eigenvalue weighted by Gasteiger charge is -2.41. The second kappa shape index (κ2) is 4.60. The van der Waals surface area contributed by atoms with Crippen molar-refractivity contribution in [2.75, 3.05) is 0 Å². The molecule has 6 nitrogen and oxygen atoms in total. The van der Waals surface area contributed by atoms with Crippen LogP contribution in [-0.2, 0) is 10.0 Å². The van der Waals surface area contributed by atoms with Gasteiger partial charge in [0, 0.05) is 5.54 Å². The van der Waals surface area contributed by atoms with Crippen molar-refractivity contribution in [3.63, 3.8) is 0 Å². The van der Waals surface area contributed by atoms with Gasteiger partial charge in [-0.2, -0.15) is 0 Å². The fraction of sp³-hybridized carbons (Fsp3) is 0.600. The summed E-state index contributed by atoms with van der Waals surface area (Å²) >= 11 is 0.828. The molecule has 0 aliphatic heterocycles. The summed E-state index contributed by atoms with van der Waals surface area (Å²) in [6, 6.07) is 0. The minimum absolute atomic E-state index is 0.213. The number of aromatic carboxylic acids is 1. The molecule has 0 spiro atoms. The number of carboxylic acids is 1. The Labute approximate surface area is 109 Å². The highest BCUT2D eigenvalue weighted by Gasteiger charge is 2.40. The predicted molar refractivity (Wildman–Crippen MR) is 66.3 cm³/mol. The summed E-state index contributed by atoms with van der Waals surface area (Å²) in [4.78, 5) is 14.5. The van der Waals surface area contributed by atoms with E-state index in [2.05, 4.69) is 9.71 Å². The second-order valence-electron chi connectivity index (χ2n) is 4.39. The normalized spacial score (nSPS) is 18.3. The Hall–Kier alpha value is -0.990. The quantitative estimate of drug-likeness (QED) is 0.855. The molecule has 0 bridgehead atoms. The fourth-order valence-corrected chi connectivity index (χ4v) is 4.70. The van der Waals surface area contributed by atoms with Crippen molar-refractivity contribution in [2.24, 2.45) is 0 Å². The van der Waals surface area contributed by atoms with Gasteiger partial charge in [0.15, 0.2) is 9.90 Å². The van der Waals surface area contributed by atoms with Crippen LogP contribution in [0.4, 0.5) is 0 Å². The van der Waals surface area contributed by atoms with Crippen molar-refractivity contribution in [3.8, 4) is 0 Å². The van der Waals surface area contributed by atoms with Crippen molar-refractivity contribution in [2.45, 2.75) is 42.4 Å². The van der Waals surface area contributed by atoms with Crippen LogP contribution in [0.1, 0.15) is 43.1 Å². The minimum atomic E-state index is -3.80. The third-order valence-electron chi connectivity index (χ3n) is 3.32. The number of nitrogens with zero attached hydrogens (tertiary/aromatic N) is 1. The average Bonchev–Trinajstić information content (AvgIpc) is 2.73. The van der Waals surface area contributed by atoms with Crippen molar-refractivity contribution < 1.29 is 18.3 Å². The van der Waals surface area contributed by atoms with E-state index >= 15 is 0 Å². The molecule has 1 fully saturated rings. The number of hydrogen-bond donors (Lipinski definition) is 2. The summed E-state index contributed by atoms with van der Waals surface area (Å²) in [6.45, 7) is 1.92. The van der Waals surface area contributed by atoms with E-state index < -0.39 is 27.2 Å². The van der Waals surface area contributed by atoms with Crippen LogP contribution >= 0.6 is 11.3 Å². The molecule has 0 unspecified atom stereocenters. The first-order chi connectivity index (χ1) is 8.40. The molecule has 0 amide bonds. The first-order valence-electron chi connectivity index (χ1n) is 5.61. The van der Waals surface area contributed by atoms with Crippen LogP contribution in [-0.4, -0.2) is 30.0 Å².